The summed E-state index contributed by atoms with van der Waals surface area (Å²) in [6.45, 7) is 5.77. The molecule has 0 aliphatic heterocycles. The van der Waals surface area contributed by atoms with E-state index in [1.54, 1.807) is 23.1 Å². The number of rotatable bonds is 3. The highest BCUT2D eigenvalue weighted by Gasteiger charge is 2.33. The number of halogens is 2. The fourth-order valence-corrected chi connectivity index (χ4v) is 3.36. The van der Waals surface area contributed by atoms with E-state index in [-0.39, 0.29) is 24.5 Å². The number of benzene rings is 1. The van der Waals surface area contributed by atoms with E-state index in [4.69, 9.17) is 4.74 Å². The van der Waals surface area contributed by atoms with Crippen LogP contribution in [0.5, 0.6) is 0 Å². The van der Waals surface area contributed by atoms with Crippen LogP contribution >= 0.6 is 15.9 Å². The zero-order chi connectivity index (χ0) is 16.3. The van der Waals surface area contributed by atoms with Crippen molar-refractivity contribution in [3.8, 4) is 0 Å². The maximum absolute atomic E-state index is 13.9. The molecule has 1 aliphatic carbocycles. The van der Waals surface area contributed by atoms with Crippen LogP contribution in [0.2, 0.25) is 0 Å². The molecule has 0 saturated heterocycles. The number of hydrogen-bond acceptors (Lipinski definition) is 2. The van der Waals surface area contributed by atoms with Gasteiger partial charge in [-0.05, 0) is 46.1 Å². The van der Waals surface area contributed by atoms with Gasteiger partial charge in [-0.1, -0.05) is 34.1 Å². The van der Waals surface area contributed by atoms with Gasteiger partial charge in [0.15, 0.2) is 0 Å². The summed E-state index contributed by atoms with van der Waals surface area (Å²) in [4.78, 5) is 14.6. The Morgan fingerprint density at radius 3 is 2.59 bits per heavy atom. The number of amides is 1. The molecule has 0 N–H and O–H groups in total. The summed E-state index contributed by atoms with van der Waals surface area (Å²) in [5, 5.41) is 0. The van der Waals surface area contributed by atoms with E-state index in [1.807, 2.05) is 20.8 Å². The Morgan fingerprint density at radius 1 is 1.36 bits per heavy atom. The van der Waals surface area contributed by atoms with Crippen molar-refractivity contribution in [2.45, 2.75) is 63.0 Å². The highest BCUT2D eigenvalue weighted by Crippen LogP contribution is 2.31. The summed E-state index contributed by atoms with van der Waals surface area (Å²) < 4.78 is 19.4. The molecular formula is C17H23BrFNO2. The van der Waals surface area contributed by atoms with Gasteiger partial charge in [0, 0.05) is 16.4 Å². The van der Waals surface area contributed by atoms with E-state index in [9.17, 15) is 9.18 Å². The zero-order valence-electron chi connectivity index (χ0n) is 13.3. The lowest BCUT2D eigenvalue weighted by atomic mass is 10.1. The Hall–Kier alpha value is -1.10. The van der Waals surface area contributed by atoms with E-state index in [0.717, 1.165) is 19.3 Å². The van der Waals surface area contributed by atoms with Crippen LogP contribution in [0.1, 0.15) is 45.6 Å². The SMILES string of the molecule is CC(C)(C)OC(=O)N(Cc1ccccc1F)C1CCC(Br)C1. The first-order valence-corrected chi connectivity index (χ1v) is 8.55. The quantitative estimate of drug-likeness (QED) is 0.708. The summed E-state index contributed by atoms with van der Waals surface area (Å²) >= 11 is 3.60. The van der Waals surface area contributed by atoms with Crippen molar-refractivity contribution in [1.82, 2.24) is 4.90 Å². The van der Waals surface area contributed by atoms with E-state index >= 15 is 0 Å². The summed E-state index contributed by atoms with van der Waals surface area (Å²) in [5.74, 6) is -0.288. The fraction of sp³-hybridized carbons (Fsp3) is 0.588. The minimum atomic E-state index is -0.559. The van der Waals surface area contributed by atoms with E-state index in [1.165, 1.54) is 6.07 Å². The maximum atomic E-state index is 13.9. The Kier molecular flexibility index (Phi) is 5.48. The third kappa shape index (κ3) is 4.70. The van der Waals surface area contributed by atoms with Gasteiger partial charge in [0.25, 0.3) is 0 Å². The number of nitrogens with zero attached hydrogens (tertiary/aromatic N) is 1. The van der Waals surface area contributed by atoms with Crippen LogP contribution in [0.25, 0.3) is 0 Å². The molecule has 0 aromatic heterocycles. The van der Waals surface area contributed by atoms with Crippen molar-refractivity contribution in [3.05, 3.63) is 35.6 Å². The maximum Gasteiger partial charge on any atom is 0.410 e. The highest BCUT2D eigenvalue weighted by molar-refractivity contribution is 9.09. The van der Waals surface area contributed by atoms with Gasteiger partial charge >= 0.3 is 6.09 Å². The lowest BCUT2D eigenvalue weighted by Crippen LogP contribution is -2.42. The first-order chi connectivity index (χ1) is 10.3. The molecule has 0 spiro atoms. The minimum absolute atomic E-state index is 0.0823. The molecule has 122 valence electrons. The van der Waals surface area contributed by atoms with Crippen LogP contribution in [-0.4, -0.2) is 27.5 Å². The van der Waals surface area contributed by atoms with E-state index in [2.05, 4.69) is 15.9 Å². The molecule has 1 fully saturated rings. The average molecular weight is 372 g/mol. The van der Waals surface area contributed by atoms with E-state index < -0.39 is 5.60 Å². The van der Waals surface area contributed by atoms with Gasteiger partial charge in [0.1, 0.15) is 11.4 Å². The van der Waals surface area contributed by atoms with Gasteiger partial charge in [0.05, 0.1) is 6.54 Å². The minimum Gasteiger partial charge on any atom is -0.444 e. The topological polar surface area (TPSA) is 29.5 Å². The van der Waals surface area contributed by atoms with E-state index in [0.29, 0.717) is 10.4 Å². The average Bonchev–Trinajstić information content (AvgIpc) is 2.82. The second kappa shape index (κ2) is 6.99. The molecule has 1 saturated carbocycles. The third-order valence-corrected chi connectivity index (χ3v) is 4.54. The van der Waals surface area contributed by atoms with Crippen LogP contribution in [0.3, 0.4) is 0 Å². The molecule has 22 heavy (non-hydrogen) atoms. The summed E-state index contributed by atoms with van der Waals surface area (Å²) in [5.41, 5.74) is -0.0388. The Bertz CT molecular complexity index is 530. The van der Waals surface area contributed by atoms with Gasteiger partial charge in [-0.15, -0.1) is 0 Å². The lowest BCUT2D eigenvalue weighted by molar-refractivity contribution is 0.0143. The molecule has 1 aromatic carbocycles. The highest BCUT2D eigenvalue weighted by atomic mass is 79.9. The van der Waals surface area contributed by atoms with Crippen LogP contribution in [0.15, 0.2) is 24.3 Å². The van der Waals surface area contributed by atoms with Gasteiger partial charge in [-0.25, -0.2) is 9.18 Å². The van der Waals surface area contributed by atoms with Crippen molar-refractivity contribution in [2.75, 3.05) is 0 Å². The van der Waals surface area contributed by atoms with Crippen molar-refractivity contribution in [2.24, 2.45) is 0 Å². The predicted octanol–water partition coefficient (Wildman–Crippen LogP) is 4.88. The van der Waals surface area contributed by atoms with Gasteiger partial charge in [-0.2, -0.15) is 0 Å². The number of carbonyl (C=O) groups is 1. The van der Waals surface area contributed by atoms with Crippen LogP contribution in [-0.2, 0) is 11.3 Å². The monoisotopic (exact) mass is 371 g/mol. The summed E-state index contributed by atoms with van der Waals surface area (Å²) in [7, 11) is 0. The Morgan fingerprint density at radius 2 is 2.05 bits per heavy atom. The predicted molar refractivity (Wildman–Crippen MR) is 88.5 cm³/mol. The van der Waals surface area contributed by atoms with Crippen LogP contribution in [0, 0.1) is 5.82 Å². The van der Waals surface area contributed by atoms with Gasteiger partial charge in [-0.3, -0.25) is 0 Å². The normalized spacial score (nSPS) is 21.7. The number of alkyl halides is 1. The lowest BCUT2D eigenvalue weighted by Gasteiger charge is -2.31. The molecule has 0 heterocycles. The molecule has 1 amide bonds. The van der Waals surface area contributed by atoms with Crippen molar-refractivity contribution < 1.29 is 13.9 Å². The van der Waals surface area contributed by atoms with Gasteiger partial charge in [0.2, 0.25) is 0 Å². The fourth-order valence-electron chi connectivity index (χ4n) is 2.66. The molecule has 0 bridgehead atoms. The molecule has 0 radical (unpaired) electrons. The van der Waals surface area contributed by atoms with Crippen LogP contribution < -0.4 is 0 Å². The van der Waals surface area contributed by atoms with Crippen molar-refractivity contribution in [1.29, 1.82) is 0 Å². The number of carbonyl (C=O) groups excluding carboxylic acids is 1. The largest absolute Gasteiger partial charge is 0.444 e. The molecule has 1 aromatic rings. The third-order valence-electron chi connectivity index (χ3n) is 3.71. The summed E-state index contributed by atoms with van der Waals surface area (Å²) in [6, 6.07) is 6.66. The van der Waals surface area contributed by atoms with Crippen molar-refractivity contribution >= 4 is 22.0 Å². The Labute approximate surface area is 140 Å². The standard InChI is InChI=1S/C17H23BrFNO2/c1-17(2,3)22-16(21)20(14-9-8-13(18)10-14)11-12-6-4-5-7-15(12)19/h4-7,13-14H,8-11H2,1-3H3. The number of hydrogen-bond donors (Lipinski definition) is 0. The smallest absolute Gasteiger partial charge is 0.410 e. The number of ether oxygens (including phenoxy) is 1. The molecule has 1 aliphatic rings. The second-order valence-corrected chi connectivity index (χ2v) is 8.06. The first-order valence-electron chi connectivity index (χ1n) is 7.63. The molecule has 2 rings (SSSR count). The molecule has 2 atom stereocenters. The molecular weight excluding hydrogens is 349 g/mol. The zero-order valence-corrected chi connectivity index (χ0v) is 14.9. The molecule has 5 heteroatoms. The van der Waals surface area contributed by atoms with Gasteiger partial charge < -0.3 is 9.64 Å². The van der Waals surface area contributed by atoms with Crippen molar-refractivity contribution in [3.63, 3.8) is 0 Å². The second-order valence-electron chi connectivity index (χ2n) is 6.76. The van der Waals surface area contributed by atoms with Crippen LogP contribution in [0.4, 0.5) is 9.18 Å². The first kappa shape index (κ1) is 17.3. The Balaban J connectivity index is 2.18. The molecule has 2 unspecified atom stereocenters. The molecule has 3 nitrogen and oxygen atoms in total. The summed E-state index contributed by atoms with van der Waals surface area (Å²) in [6.07, 6.45) is 2.42.